The zero-order chi connectivity index (χ0) is 13.6. The minimum Gasteiger partial charge on any atom is -0.351 e. The Balaban J connectivity index is 2.16. The highest BCUT2D eigenvalue weighted by atomic mass is 19.4. The number of hydrazone groups is 1. The number of halogens is 3. The first-order valence-electron chi connectivity index (χ1n) is 5.59. The van der Waals surface area contributed by atoms with Gasteiger partial charge in [-0.15, -0.1) is 0 Å². The molecular formula is C10H14F3N3O2. The summed E-state index contributed by atoms with van der Waals surface area (Å²) >= 11 is 0. The molecule has 0 aromatic heterocycles. The molecule has 18 heavy (non-hydrogen) atoms. The molecule has 0 aromatic rings. The third-order valence-electron chi connectivity index (χ3n) is 2.34. The number of nitrogens with one attached hydrogen (secondary N) is 2. The normalized spacial score (nSPS) is 15.9. The molecule has 0 unspecified atom stereocenters. The lowest BCUT2D eigenvalue weighted by Crippen LogP contribution is -2.37. The van der Waals surface area contributed by atoms with E-state index in [1.165, 1.54) is 0 Å². The van der Waals surface area contributed by atoms with Crippen molar-refractivity contribution in [3.63, 3.8) is 0 Å². The Morgan fingerprint density at radius 1 is 1.33 bits per heavy atom. The van der Waals surface area contributed by atoms with E-state index in [9.17, 15) is 22.8 Å². The summed E-state index contributed by atoms with van der Waals surface area (Å²) in [6, 6.07) is 0. The molecule has 0 atom stereocenters. The number of alkyl halides is 3. The predicted octanol–water partition coefficient (Wildman–Crippen LogP) is 1.10. The Labute approximate surface area is 102 Å². The summed E-state index contributed by atoms with van der Waals surface area (Å²) in [6.45, 7) is 0.169. The number of unbranched alkanes of at least 4 members (excludes halogenated alkanes) is 1. The van der Waals surface area contributed by atoms with Gasteiger partial charge < -0.3 is 5.32 Å². The first-order valence-corrected chi connectivity index (χ1v) is 5.59. The Hall–Kier alpha value is -1.60. The summed E-state index contributed by atoms with van der Waals surface area (Å²) in [5.74, 6) is -0.696. The van der Waals surface area contributed by atoms with Crippen LogP contribution in [0.25, 0.3) is 0 Å². The maximum atomic E-state index is 11.8. The van der Waals surface area contributed by atoms with Gasteiger partial charge in [-0.25, -0.2) is 5.43 Å². The van der Waals surface area contributed by atoms with Gasteiger partial charge in [0.15, 0.2) is 0 Å². The fourth-order valence-electron chi connectivity index (χ4n) is 1.39. The van der Waals surface area contributed by atoms with Crippen molar-refractivity contribution in [1.82, 2.24) is 10.7 Å². The summed E-state index contributed by atoms with van der Waals surface area (Å²) in [4.78, 5) is 22.2. The van der Waals surface area contributed by atoms with E-state index >= 15 is 0 Å². The number of amides is 2. The van der Waals surface area contributed by atoms with Crippen molar-refractivity contribution in [3.05, 3.63) is 0 Å². The molecule has 1 aliphatic rings. The van der Waals surface area contributed by atoms with Gasteiger partial charge in [0.2, 0.25) is 5.91 Å². The van der Waals surface area contributed by atoms with Gasteiger partial charge in [0.05, 0.1) is 0 Å². The highest BCUT2D eigenvalue weighted by molar-refractivity contribution is 6.39. The van der Waals surface area contributed by atoms with Crippen LogP contribution in [0.15, 0.2) is 5.10 Å². The standard InChI is InChI=1S/C10H14F3N3O2/c11-10(12,13)5-1-2-6-14-9(18)7-3-4-8(17)16-15-7/h1-6H2,(H,14,18)(H,16,17). The highest BCUT2D eigenvalue weighted by Crippen LogP contribution is 2.21. The molecule has 0 fully saturated rings. The monoisotopic (exact) mass is 265 g/mol. The minimum absolute atomic E-state index is 0.0208. The summed E-state index contributed by atoms with van der Waals surface area (Å²) in [6.07, 6.45) is -4.32. The summed E-state index contributed by atoms with van der Waals surface area (Å²) in [5.41, 5.74) is 2.37. The number of hydrogen-bond acceptors (Lipinski definition) is 3. The number of carbonyl (C=O) groups excluding carboxylic acids is 2. The zero-order valence-corrected chi connectivity index (χ0v) is 9.64. The Kier molecular flexibility index (Phi) is 5.11. The molecule has 0 radical (unpaired) electrons. The van der Waals surface area contributed by atoms with Crippen molar-refractivity contribution in [2.75, 3.05) is 6.54 Å². The van der Waals surface area contributed by atoms with Gasteiger partial charge in [-0.3, -0.25) is 9.59 Å². The number of nitrogens with zero attached hydrogens (tertiary/aromatic N) is 1. The molecule has 1 aliphatic heterocycles. The van der Waals surface area contributed by atoms with Gasteiger partial charge in [-0.05, 0) is 12.8 Å². The van der Waals surface area contributed by atoms with Crippen LogP contribution >= 0.6 is 0 Å². The van der Waals surface area contributed by atoms with Gasteiger partial charge in [0, 0.05) is 25.8 Å². The second-order valence-corrected chi connectivity index (χ2v) is 3.92. The molecule has 2 N–H and O–H groups in total. The van der Waals surface area contributed by atoms with E-state index in [1.807, 2.05) is 0 Å². The molecule has 1 heterocycles. The van der Waals surface area contributed by atoms with Crippen molar-refractivity contribution in [3.8, 4) is 0 Å². The van der Waals surface area contributed by atoms with Crippen molar-refractivity contribution in [2.45, 2.75) is 38.3 Å². The number of hydrogen-bond donors (Lipinski definition) is 2. The first-order chi connectivity index (χ1) is 8.38. The molecule has 2 amide bonds. The van der Waals surface area contributed by atoms with Crippen LogP contribution in [0, 0.1) is 0 Å². The van der Waals surface area contributed by atoms with Crippen molar-refractivity contribution in [1.29, 1.82) is 0 Å². The van der Waals surface area contributed by atoms with Crippen molar-refractivity contribution >= 4 is 17.5 Å². The Bertz CT molecular complexity index is 353. The van der Waals surface area contributed by atoms with Crippen LogP contribution in [-0.4, -0.2) is 30.2 Å². The molecule has 1 rings (SSSR count). The summed E-state index contributed by atoms with van der Waals surface area (Å²) in [5, 5.41) is 6.04. The van der Waals surface area contributed by atoms with E-state index in [0.29, 0.717) is 0 Å². The SMILES string of the molecule is O=C1CCC(C(=O)NCCCCC(F)(F)F)=NN1. The maximum Gasteiger partial charge on any atom is 0.389 e. The second kappa shape index (κ2) is 6.36. The Morgan fingerprint density at radius 2 is 2.06 bits per heavy atom. The lowest BCUT2D eigenvalue weighted by molar-refractivity contribution is -0.135. The fourth-order valence-corrected chi connectivity index (χ4v) is 1.39. The van der Waals surface area contributed by atoms with Crippen LogP contribution in [-0.2, 0) is 9.59 Å². The smallest absolute Gasteiger partial charge is 0.351 e. The fraction of sp³-hybridized carbons (Fsp3) is 0.700. The summed E-state index contributed by atoms with van der Waals surface area (Å²) < 4.78 is 35.5. The van der Waals surface area contributed by atoms with Crippen molar-refractivity contribution < 1.29 is 22.8 Å². The van der Waals surface area contributed by atoms with E-state index in [1.54, 1.807) is 0 Å². The van der Waals surface area contributed by atoms with Crippen LogP contribution in [0.4, 0.5) is 13.2 Å². The largest absolute Gasteiger partial charge is 0.389 e. The molecule has 0 spiro atoms. The highest BCUT2D eigenvalue weighted by Gasteiger charge is 2.25. The minimum atomic E-state index is -4.15. The predicted molar refractivity (Wildman–Crippen MR) is 57.7 cm³/mol. The van der Waals surface area contributed by atoms with Gasteiger partial charge in [0.1, 0.15) is 5.71 Å². The van der Waals surface area contributed by atoms with Gasteiger partial charge >= 0.3 is 6.18 Å². The van der Waals surface area contributed by atoms with Crippen molar-refractivity contribution in [2.24, 2.45) is 5.10 Å². The molecule has 0 saturated heterocycles. The molecule has 0 aliphatic carbocycles. The van der Waals surface area contributed by atoms with E-state index < -0.39 is 18.5 Å². The lowest BCUT2D eigenvalue weighted by atomic mass is 10.1. The average molecular weight is 265 g/mol. The van der Waals surface area contributed by atoms with Crippen LogP contribution in [0.5, 0.6) is 0 Å². The van der Waals surface area contributed by atoms with Gasteiger partial charge in [0.25, 0.3) is 5.91 Å². The molecule has 0 saturated carbocycles. The van der Waals surface area contributed by atoms with Gasteiger partial charge in [-0.2, -0.15) is 18.3 Å². The van der Waals surface area contributed by atoms with E-state index in [-0.39, 0.29) is 43.8 Å². The third kappa shape index (κ3) is 5.65. The van der Waals surface area contributed by atoms with E-state index in [0.717, 1.165) is 0 Å². The van der Waals surface area contributed by atoms with E-state index in [2.05, 4.69) is 15.8 Å². The van der Waals surface area contributed by atoms with Crippen LogP contribution in [0.3, 0.4) is 0 Å². The molecule has 102 valence electrons. The van der Waals surface area contributed by atoms with Gasteiger partial charge in [-0.1, -0.05) is 0 Å². The molecule has 0 aromatic carbocycles. The molecule has 8 heteroatoms. The average Bonchev–Trinajstić information content (AvgIpc) is 2.27. The van der Waals surface area contributed by atoms with E-state index in [4.69, 9.17) is 0 Å². The molecule has 5 nitrogen and oxygen atoms in total. The third-order valence-corrected chi connectivity index (χ3v) is 2.34. The van der Waals surface area contributed by atoms with Crippen LogP contribution in [0.2, 0.25) is 0 Å². The summed E-state index contributed by atoms with van der Waals surface area (Å²) in [7, 11) is 0. The molecule has 0 bridgehead atoms. The topological polar surface area (TPSA) is 70.6 Å². The lowest BCUT2D eigenvalue weighted by Gasteiger charge is -2.12. The van der Waals surface area contributed by atoms with Crippen LogP contribution in [0.1, 0.15) is 32.1 Å². The maximum absolute atomic E-state index is 11.8. The first kappa shape index (κ1) is 14.5. The molecular weight excluding hydrogens is 251 g/mol. The second-order valence-electron chi connectivity index (χ2n) is 3.92. The zero-order valence-electron chi connectivity index (χ0n) is 9.64. The number of carbonyl (C=O) groups is 2. The quantitative estimate of drug-likeness (QED) is 0.731. The Morgan fingerprint density at radius 3 is 2.61 bits per heavy atom. The van der Waals surface area contributed by atoms with Crippen LogP contribution < -0.4 is 10.7 Å². The number of rotatable bonds is 5.